The van der Waals surface area contributed by atoms with E-state index in [2.05, 4.69) is 15.7 Å². The van der Waals surface area contributed by atoms with Crippen molar-refractivity contribution in [2.75, 3.05) is 5.43 Å². The van der Waals surface area contributed by atoms with E-state index in [1.165, 1.54) is 6.07 Å². The Balaban J connectivity index is 2.21. The fourth-order valence-corrected chi connectivity index (χ4v) is 1.76. The van der Waals surface area contributed by atoms with Crippen molar-refractivity contribution in [2.24, 2.45) is 5.10 Å². The summed E-state index contributed by atoms with van der Waals surface area (Å²) in [4.78, 5) is 12.3. The van der Waals surface area contributed by atoms with Gasteiger partial charge < -0.3 is 4.52 Å². The molecule has 0 bridgehead atoms. The summed E-state index contributed by atoms with van der Waals surface area (Å²) >= 11 is 0. The summed E-state index contributed by atoms with van der Waals surface area (Å²) in [5.74, 6) is -0.0986. The Morgan fingerprint density at radius 1 is 1.29 bits per heavy atom. The fraction of sp³-hybridized carbons (Fsp3) is 0.235. The Labute approximate surface area is 139 Å². The van der Waals surface area contributed by atoms with Gasteiger partial charge in [-0.25, -0.2) is 0 Å². The third kappa shape index (κ3) is 3.84. The monoisotopic (exact) mass is 321 g/mol. The molecule has 7 nitrogen and oxygen atoms in total. The maximum Gasteiger partial charge on any atom is 0.245 e. The predicted octanol–water partition coefficient (Wildman–Crippen LogP) is 3.02. The van der Waals surface area contributed by atoms with Crippen molar-refractivity contribution in [3.8, 4) is 12.1 Å². The molecule has 0 unspecified atom stereocenters. The number of anilines is 1. The standard InChI is InChI=1S/C17H15N5O2/c1-17(2,3)15-8-13(22-24-15)16(23)14(10-19)21-20-12-6-4-5-11(7-12)9-18/h4-8,20H,1-3H3/b21-14+. The van der Waals surface area contributed by atoms with Crippen molar-refractivity contribution in [1.29, 1.82) is 10.5 Å². The van der Waals surface area contributed by atoms with E-state index in [-0.39, 0.29) is 16.8 Å². The first-order chi connectivity index (χ1) is 11.3. The van der Waals surface area contributed by atoms with Gasteiger partial charge in [0.1, 0.15) is 11.8 Å². The van der Waals surface area contributed by atoms with Crippen molar-refractivity contribution in [3.05, 3.63) is 47.3 Å². The van der Waals surface area contributed by atoms with E-state index in [1.54, 1.807) is 30.3 Å². The second-order valence-corrected chi connectivity index (χ2v) is 6.03. The number of nitriles is 2. The molecule has 0 saturated carbocycles. The summed E-state index contributed by atoms with van der Waals surface area (Å²) in [7, 11) is 0. The lowest BCUT2D eigenvalue weighted by Gasteiger charge is -2.11. The molecule has 0 saturated heterocycles. The highest BCUT2D eigenvalue weighted by Gasteiger charge is 2.24. The Morgan fingerprint density at radius 3 is 2.62 bits per heavy atom. The minimum absolute atomic E-state index is 0.0211. The van der Waals surface area contributed by atoms with E-state index in [9.17, 15) is 4.79 Å². The van der Waals surface area contributed by atoms with Gasteiger partial charge in [-0.15, -0.1) is 0 Å². The van der Waals surface area contributed by atoms with Crippen LogP contribution in [0.5, 0.6) is 0 Å². The molecule has 0 spiro atoms. The molecule has 24 heavy (non-hydrogen) atoms. The zero-order valence-corrected chi connectivity index (χ0v) is 13.5. The first kappa shape index (κ1) is 16.9. The molecule has 2 aromatic rings. The molecule has 1 heterocycles. The van der Waals surface area contributed by atoms with Crippen molar-refractivity contribution >= 4 is 17.2 Å². The van der Waals surface area contributed by atoms with Crippen LogP contribution in [0.1, 0.15) is 42.6 Å². The molecular weight excluding hydrogens is 306 g/mol. The van der Waals surface area contributed by atoms with E-state index < -0.39 is 5.78 Å². The van der Waals surface area contributed by atoms with Crippen LogP contribution < -0.4 is 5.43 Å². The first-order valence-electron chi connectivity index (χ1n) is 7.11. The fourth-order valence-electron chi connectivity index (χ4n) is 1.76. The van der Waals surface area contributed by atoms with Gasteiger partial charge in [-0.1, -0.05) is 32.0 Å². The van der Waals surface area contributed by atoms with Crippen molar-refractivity contribution < 1.29 is 9.32 Å². The van der Waals surface area contributed by atoms with E-state index in [0.717, 1.165) is 0 Å². The number of hydrogen-bond donors (Lipinski definition) is 1. The molecule has 0 radical (unpaired) electrons. The average molecular weight is 321 g/mol. The molecule has 0 amide bonds. The van der Waals surface area contributed by atoms with E-state index >= 15 is 0 Å². The molecule has 7 heteroatoms. The van der Waals surface area contributed by atoms with Crippen LogP contribution in [0, 0.1) is 22.7 Å². The van der Waals surface area contributed by atoms with Crippen LogP contribution in [0.15, 0.2) is 40.0 Å². The minimum atomic E-state index is -0.638. The average Bonchev–Trinajstić information content (AvgIpc) is 3.05. The Hall–Kier alpha value is -3.45. The molecule has 0 aliphatic rings. The number of carbonyl (C=O) groups excluding carboxylic acids is 1. The summed E-state index contributed by atoms with van der Waals surface area (Å²) in [6.45, 7) is 5.76. The first-order valence-corrected chi connectivity index (χ1v) is 7.11. The van der Waals surface area contributed by atoms with Crippen LogP contribution in [-0.4, -0.2) is 16.7 Å². The van der Waals surface area contributed by atoms with E-state index in [1.807, 2.05) is 26.8 Å². The highest BCUT2D eigenvalue weighted by Crippen LogP contribution is 2.22. The van der Waals surface area contributed by atoms with Gasteiger partial charge in [0.25, 0.3) is 0 Å². The summed E-state index contributed by atoms with van der Waals surface area (Å²) in [5.41, 5.74) is 2.89. The molecule has 120 valence electrons. The largest absolute Gasteiger partial charge is 0.360 e. The Bertz CT molecular complexity index is 875. The van der Waals surface area contributed by atoms with E-state index in [4.69, 9.17) is 15.0 Å². The minimum Gasteiger partial charge on any atom is -0.360 e. The number of hydrogen-bond acceptors (Lipinski definition) is 7. The topological polar surface area (TPSA) is 115 Å². The predicted molar refractivity (Wildman–Crippen MR) is 87.4 cm³/mol. The molecule has 0 aliphatic heterocycles. The lowest BCUT2D eigenvalue weighted by Crippen LogP contribution is -2.15. The van der Waals surface area contributed by atoms with Gasteiger partial charge in [-0.05, 0) is 18.2 Å². The number of benzene rings is 1. The number of nitrogens with zero attached hydrogens (tertiary/aromatic N) is 4. The quantitative estimate of drug-likeness (QED) is 0.526. The van der Waals surface area contributed by atoms with Crippen LogP contribution in [0.4, 0.5) is 5.69 Å². The molecule has 1 N–H and O–H groups in total. The zero-order valence-electron chi connectivity index (χ0n) is 13.5. The summed E-state index contributed by atoms with van der Waals surface area (Å²) in [6, 6.07) is 11.7. The number of rotatable bonds is 4. The zero-order chi connectivity index (χ0) is 17.7. The van der Waals surface area contributed by atoms with Crippen molar-refractivity contribution in [3.63, 3.8) is 0 Å². The van der Waals surface area contributed by atoms with Gasteiger partial charge >= 0.3 is 0 Å². The van der Waals surface area contributed by atoms with Crippen LogP contribution in [0.25, 0.3) is 0 Å². The maximum absolute atomic E-state index is 12.3. The van der Waals surface area contributed by atoms with Gasteiger partial charge in [0.05, 0.1) is 17.3 Å². The lowest BCUT2D eigenvalue weighted by molar-refractivity contribution is 0.105. The van der Waals surface area contributed by atoms with Gasteiger partial charge in [-0.2, -0.15) is 15.6 Å². The van der Waals surface area contributed by atoms with Crippen LogP contribution >= 0.6 is 0 Å². The highest BCUT2D eigenvalue weighted by molar-refractivity contribution is 6.51. The van der Waals surface area contributed by atoms with Crippen LogP contribution in [0.2, 0.25) is 0 Å². The molecule has 1 aromatic carbocycles. The number of ketones is 1. The molecule has 0 fully saturated rings. The van der Waals surface area contributed by atoms with Crippen LogP contribution in [0.3, 0.4) is 0 Å². The summed E-state index contributed by atoms with van der Waals surface area (Å²) in [6.07, 6.45) is 0. The summed E-state index contributed by atoms with van der Waals surface area (Å²) < 4.78 is 5.15. The smallest absolute Gasteiger partial charge is 0.245 e. The summed E-state index contributed by atoms with van der Waals surface area (Å²) in [5, 5.41) is 25.5. The lowest BCUT2D eigenvalue weighted by atomic mass is 9.93. The third-order valence-corrected chi connectivity index (χ3v) is 3.09. The molecular formula is C17H15N5O2. The normalized spacial score (nSPS) is 11.5. The Kier molecular flexibility index (Phi) is 4.76. The second kappa shape index (κ2) is 6.76. The van der Waals surface area contributed by atoms with Crippen molar-refractivity contribution in [2.45, 2.75) is 26.2 Å². The molecule has 1 aromatic heterocycles. The number of aromatic nitrogens is 1. The van der Waals surface area contributed by atoms with Crippen LogP contribution in [-0.2, 0) is 5.41 Å². The third-order valence-electron chi connectivity index (χ3n) is 3.09. The van der Waals surface area contributed by atoms with Gasteiger partial charge in [0.15, 0.2) is 5.69 Å². The number of Topliss-reactive ketones (excluding diaryl/α,β-unsaturated/α-hetero) is 1. The van der Waals surface area contributed by atoms with E-state index in [0.29, 0.717) is 17.0 Å². The van der Waals surface area contributed by atoms with Gasteiger partial charge in [0, 0.05) is 11.5 Å². The van der Waals surface area contributed by atoms with Crippen molar-refractivity contribution in [1.82, 2.24) is 5.16 Å². The maximum atomic E-state index is 12.3. The number of hydrazone groups is 1. The Morgan fingerprint density at radius 2 is 2.04 bits per heavy atom. The highest BCUT2D eigenvalue weighted by atomic mass is 16.5. The molecule has 2 rings (SSSR count). The molecule has 0 atom stereocenters. The SMILES string of the molecule is CC(C)(C)c1cc(C(=O)/C(C#N)=N/Nc2cccc(C#N)c2)no1. The van der Waals surface area contributed by atoms with Gasteiger partial charge in [-0.3, -0.25) is 10.2 Å². The van der Waals surface area contributed by atoms with Gasteiger partial charge in [0.2, 0.25) is 11.5 Å². The number of carbonyl (C=O) groups is 1. The second-order valence-electron chi connectivity index (χ2n) is 6.03. The molecule has 0 aliphatic carbocycles. The number of nitrogens with one attached hydrogen (secondary N) is 1.